The zero-order valence-corrected chi connectivity index (χ0v) is 16.7. The number of nitrogens with two attached hydrogens (primary N) is 2. The minimum absolute atomic E-state index is 0. The topological polar surface area (TPSA) is 121 Å². The van der Waals surface area contributed by atoms with Gasteiger partial charge in [-0.25, -0.2) is 0 Å². The number of hydrogen-bond acceptors (Lipinski definition) is 7. The fraction of sp³-hybridized carbons (Fsp3) is 0.250. The highest BCUT2D eigenvalue weighted by molar-refractivity contribution is 5.85. The Morgan fingerprint density at radius 2 is 1.76 bits per heavy atom. The molecule has 1 aromatic heterocycles. The second kappa shape index (κ2) is 11.2. The molecule has 8 nitrogen and oxygen atoms in total. The first-order valence-corrected chi connectivity index (χ1v) is 8.90. The molecule has 4 N–H and O–H groups in total. The van der Waals surface area contributed by atoms with Gasteiger partial charge in [0.25, 0.3) is 0 Å². The number of primary amides is 1. The van der Waals surface area contributed by atoms with Crippen LogP contribution in [-0.2, 0) is 31.0 Å². The maximum atomic E-state index is 11.4. The van der Waals surface area contributed by atoms with Gasteiger partial charge in [-0.3, -0.25) is 9.69 Å². The second-order valence-corrected chi connectivity index (χ2v) is 6.34. The molecule has 1 heterocycles. The Kier molecular flexibility index (Phi) is 8.60. The number of carbonyl (C=O) groups is 1. The number of carbonyl (C=O) groups excluding carboxylic acids is 1. The summed E-state index contributed by atoms with van der Waals surface area (Å²) in [6.45, 7) is 1.61. The Hall–Kier alpha value is -2.94. The van der Waals surface area contributed by atoms with Crippen LogP contribution in [0.4, 0.5) is 0 Å². The van der Waals surface area contributed by atoms with Crippen LogP contribution < -0.4 is 16.2 Å². The molecule has 0 aliphatic heterocycles. The third-order valence-electron chi connectivity index (χ3n) is 4.01. The van der Waals surface area contributed by atoms with Crippen molar-refractivity contribution in [3.05, 3.63) is 77.4 Å². The Labute approximate surface area is 175 Å². The van der Waals surface area contributed by atoms with Gasteiger partial charge in [0, 0.05) is 6.54 Å². The molecule has 0 spiro atoms. The van der Waals surface area contributed by atoms with Gasteiger partial charge in [0.15, 0.2) is 5.82 Å². The largest absolute Gasteiger partial charge is 0.489 e. The van der Waals surface area contributed by atoms with Gasteiger partial charge < -0.3 is 20.7 Å². The van der Waals surface area contributed by atoms with Crippen molar-refractivity contribution in [1.29, 1.82) is 0 Å². The summed E-state index contributed by atoms with van der Waals surface area (Å²) in [5.41, 5.74) is 13.0. The molecule has 3 rings (SSSR count). The van der Waals surface area contributed by atoms with Gasteiger partial charge in [-0.05, 0) is 23.3 Å². The van der Waals surface area contributed by atoms with Crippen LogP contribution in [0, 0.1) is 0 Å². The van der Waals surface area contributed by atoms with E-state index in [0.717, 1.165) is 16.9 Å². The summed E-state index contributed by atoms with van der Waals surface area (Å²) >= 11 is 0. The van der Waals surface area contributed by atoms with E-state index in [-0.39, 0.29) is 25.5 Å². The normalized spacial score (nSPS) is 10.6. The fourth-order valence-electron chi connectivity index (χ4n) is 2.72. The van der Waals surface area contributed by atoms with E-state index < -0.39 is 5.91 Å². The molecule has 9 heteroatoms. The molecule has 0 fully saturated rings. The van der Waals surface area contributed by atoms with Crippen molar-refractivity contribution in [3.63, 3.8) is 0 Å². The molecule has 0 saturated heterocycles. The van der Waals surface area contributed by atoms with Crippen molar-refractivity contribution in [1.82, 2.24) is 15.0 Å². The molecular formula is C20H24ClN5O3. The lowest BCUT2D eigenvalue weighted by Crippen LogP contribution is -2.33. The number of rotatable bonds is 10. The third-order valence-corrected chi connectivity index (χ3v) is 4.01. The van der Waals surface area contributed by atoms with Crippen molar-refractivity contribution in [2.75, 3.05) is 6.54 Å². The first-order chi connectivity index (χ1) is 13.6. The standard InChI is InChI=1S/C20H23N5O3.ClH/c21-10-20-23-19(24-28-20)13-25(12-18(22)26)11-15-6-8-17(9-7-15)27-14-16-4-2-1-3-5-16;/h1-9H,10-14,21H2,(H2,22,26);1H. The van der Waals surface area contributed by atoms with Crippen LogP contribution in [0.15, 0.2) is 59.1 Å². The van der Waals surface area contributed by atoms with Gasteiger partial charge in [-0.15, -0.1) is 12.4 Å². The van der Waals surface area contributed by atoms with Gasteiger partial charge >= 0.3 is 0 Å². The molecule has 154 valence electrons. The van der Waals surface area contributed by atoms with E-state index in [9.17, 15) is 4.79 Å². The zero-order valence-electron chi connectivity index (χ0n) is 15.9. The Balaban J connectivity index is 0.00000300. The SMILES string of the molecule is Cl.NCc1nc(CN(CC(N)=O)Cc2ccc(OCc3ccccc3)cc2)no1. The van der Waals surface area contributed by atoms with Gasteiger partial charge in [-0.2, -0.15) is 4.98 Å². The number of ether oxygens (including phenoxy) is 1. The van der Waals surface area contributed by atoms with Gasteiger partial charge in [-0.1, -0.05) is 47.6 Å². The smallest absolute Gasteiger partial charge is 0.240 e. The molecule has 2 aromatic carbocycles. The lowest BCUT2D eigenvalue weighted by Gasteiger charge is -2.19. The lowest BCUT2D eigenvalue weighted by molar-refractivity contribution is -0.119. The molecule has 0 atom stereocenters. The van der Waals surface area contributed by atoms with Gasteiger partial charge in [0.1, 0.15) is 12.4 Å². The molecule has 0 unspecified atom stereocenters. The van der Waals surface area contributed by atoms with Crippen LogP contribution in [0.1, 0.15) is 22.8 Å². The highest BCUT2D eigenvalue weighted by Crippen LogP contribution is 2.16. The van der Waals surface area contributed by atoms with Crippen LogP contribution in [0.5, 0.6) is 5.75 Å². The molecule has 0 aliphatic rings. The highest BCUT2D eigenvalue weighted by Gasteiger charge is 2.14. The number of nitrogens with zero attached hydrogens (tertiary/aromatic N) is 3. The van der Waals surface area contributed by atoms with Crippen LogP contribution in [0.3, 0.4) is 0 Å². The van der Waals surface area contributed by atoms with E-state index in [4.69, 9.17) is 20.7 Å². The molecule has 0 saturated carbocycles. The fourth-order valence-corrected chi connectivity index (χ4v) is 2.72. The summed E-state index contributed by atoms with van der Waals surface area (Å²) < 4.78 is 10.8. The second-order valence-electron chi connectivity index (χ2n) is 6.34. The van der Waals surface area contributed by atoms with Crippen molar-refractivity contribution in [2.45, 2.75) is 26.2 Å². The molecule has 0 bridgehead atoms. The quantitative estimate of drug-likeness (QED) is 0.517. The maximum absolute atomic E-state index is 11.4. The summed E-state index contributed by atoms with van der Waals surface area (Å²) in [5.74, 6) is 1.17. The average Bonchev–Trinajstić information content (AvgIpc) is 3.15. The summed E-state index contributed by atoms with van der Waals surface area (Å²) in [6.07, 6.45) is 0. The molecular weight excluding hydrogens is 394 g/mol. The van der Waals surface area contributed by atoms with Crippen molar-refractivity contribution in [2.24, 2.45) is 11.5 Å². The zero-order chi connectivity index (χ0) is 19.8. The predicted octanol–water partition coefficient (Wildman–Crippen LogP) is 2.02. The van der Waals surface area contributed by atoms with Crippen molar-refractivity contribution >= 4 is 18.3 Å². The van der Waals surface area contributed by atoms with E-state index in [1.165, 1.54) is 0 Å². The molecule has 1 amide bonds. The summed E-state index contributed by atoms with van der Waals surface area (Å²) in [6, 6.07) is 17.7. The number of amides is 1. The van der Waals surface area contributed by atoms with Crippen molar-refractivity contribution in [3.8, 4) is 5.75 Å². The van der Waals surface area contributed by atoms with Crippen LogP contribution >= 0.6 is 12.4 Å². The molecule has 29 heavy (non-hydrogen) atoms. The molecule has 0 aliphatic carbocycles. The first-order valence-electron chi connectivity index (χ1n) is 8.90. The highest BCUT2D eigenvalue weighted by atomic mass is 35.5. The van der Waals surface area contributed by atoms with Gasteiger partial charge in [0.05, 0.1) is 19.6 Å². The predicted molar refractivity (Wildman–Crippen MR) is 110 cm³/mol. The van der Waals surface area contributed by atoms with Crippen LogP contribution in [-0.4, -0.2) is 27.5 Å². The van der Waals surface area contributed by atoms with E-state index in [0.29, 0.717) is 31.4 Å². The minimum atomic E-state index is -0.426. The summed E-state index contributed by atoms with van der Waals surface area (Å²) in [4.78, 5) is 17.4. The first kappa shape index (κ1) is 22.4. The number of hydrogen-bond donors (Lipinski definition) is 2. The van der Waals surface area contributed by atoms with E-state index in [1.54, 1.807) is 0 Å². The number of benzene rings is 2. The maximum Gasteiger partial charge on any atom is 0.240 e. The van der Waals surface area contributed by atoms with E-state index in [1.807, 2.05) is 59.5 Å². The average molecular weight is 418 g/mol. The summed E-state index contributed by atoms with van der Waals surface area (Å²) in [5, 5.41) is 3.86. The Morgan fingerprint density at radius 1 is 1.03 bits per heavy atom. The third kappa shape index (κ3) is 7.19. The minimum Gasteiger partial charge on any atom is -0.489 e. The summed E-state index contributed by atoms with van der Waals surface area (Å²) in [7, 11) is 0. The van der Waals surface area contributed by atoms with E-state index >= 15 is 0 Å². The van der Waals surface area contributed by atoms with Gasteiger partial charge in [0.2, 0.25) is 11.8 Å². The van der Waals surface area contributed by atoms with Crippen LogP contribution in [0.2, 0.25) is 0 Å². The number of halogens is 1. The monoisotopic (exact) mass is 417 g/mol. The van der Waals surface area contributed by atoms with E-state index in [2.05, 4.69) is 10.1 Å². The van der Waals surface area contributed by atoms with Crippen molar-refractivity contribution < 1.29 is 14.1 Å². The van der Waals surface area contributed by atoms with Crippen LogP contribution in [0.25, 0.3) is 0 Å². The lowest BCUT2D eigenvalue weighted by atomic mass is 10.2. The number of aromatic nitrogens is 2. The molecule has 3 aromatic rings. The molecule has 0 radical (unpaired) electrons. The Morgan fingerprint density at radius 3 is 2.38 bits per heavy atom. The Bertz CT molecular complexity index is 887.